The summed E-state index contributed by atoms with van der Waals surface area (Å²) in [5.74, 6) is 0.962. The van der Waals surface area contributed by atoms with Gasteiger partial charge in [0.1, 0.15) is 11.6 Å². The molecule has 0 amide bonds. The fourth-order valence-corrected chi connectivity index (χ4v) is 3.29. The van der Waals surface area contributed by atoms with E-state index in [4.69, 9.17) is 0 Å². The molecule has 0 radical (unpaired) electrons. The van der Waals surface area contributed by atoms with Gasteiger partial charge in [-0.2, -0.15) is 0 Å². The van der Waals surface area contributed by atoms with E-state index in [1.54, 1.807) is 11.9 Å². The molecule has 1 aromatic carbocycles. The number of hydrogen-bond acceptors (Lipinski definition) is 3. The molecular weight excluding hydrogens is 249 g/mol. The van der Waals surface area contributed by atoms with Crippen LogP contribution >= 0.6 is 11.9 Å². The van der Waals surface area contributed by atoms with Gasteiger partial charge in [0.25, 0.3) is 0 Å². The van der Waals surface area contributed by atoms with E-state index in [1.165, 1.54) is 12.1 Å². The minimum Gasteiger partial charge on any atom is -0.300 e. The van der Waals surface area contributed by atoms with Gasteiger partial charge in [-0.25, -0.2) is 8.70 Å². The van der Waals surface area contributed by atoms with Crippen molar-refractivity contribution in [3.05, 3.63) is 35.6 Å². The van der Waals surface area contributed by atoms with Crippen LogP contribution in [0.3, 0.4) is 0 Å². The van der Waals surface area contributed by atoms with Crippen molar-refractivity contribution in [2.45, 2.75) is 38.0 Å². The van der Waals surface area contributed by atoms with Gasteiger partial charge in [0.2, 0.25) is 0 Å². The number of nitrogens with zero attached hydrogens (tertiary/aromatic N) is 1. The number of Topliss-reactive ketones (excluding diaryl/α,β-unsaturated/α-hetero) is 1. The van der Waals surface area contributed by atoms with Crippen LogP contribution in [0.4, 0.5) is 4.39 Å². The average Bonchev–Trinajstić information content (AvgIpc) is 2.29. The largest absolute Gasteiger partial charge is 0.300 e. The molecule has 0 aromatic heterocycles. The van der Waals surface area contributed by atoms with E-state index in [1.807, 2.05) is 12.1 Å². The highest BCUT2D eigenvalue weighted by molar-refractivity contribution is 7.96. The lowest BCUT2D eigenvalue weighted by molar-refractivity contribution is -0.123. The second-order valence-electron chi connectivity index (χ2n) is 5.28. The molecule has 2 rings (SSSR count). The van der Waals surface area contributed by atoms with Crippen LogP contribution in [-0.2, 0) is 10.5 Å². The Balaban J connectivity index is 1.93. The number of benzene rings is 1. The van der Waals surface area contributed by atoms with Crippen LogP contribution in [0.1, 0.15) is 32.3 Å². The van der Waals surface area contributed by atoms with E-state index in [0.29, 0.717) is 18.6 Å². The first-order valence-corrected chi connectivity index (χ1v) is 7.08. The fraction of sp³-hybridized carbons (Fsp3) is 0.500. The van der Waals surface area contributed by atoms with Crippen molar-refractivity contribution in [1.29, 1.82) is 0 Å². The molecule has 0 bridgehead atoms. The van der Waals surface area contributed by atoms with Gasteiger partial charge in [-0.3, -0.25) is 4.79 Å². The predicted octanol–water partition coefficient (Wildman–Crippen LogP) is 3.42. The topological polar surface area (TPSA) is 20.3 Å². The van der Waals surface area contributed by atoms with Crippen LogP contribution in [0.2, 0.25) is 0 Å². The van der Waals surface area contributed by atoms with E-state index in [2.05, 4.69) is 18.2 Å². The summed E-state index contributed by atoms with van der Waals surface area (Å²) in [5.41, 5.74) is 1.02. The van der Waals surface area contributed by atoms with Crippen LogP contribution in [0, 0.1) is 5.82 Å². The zero-order chi connectivity index (χ0) is 13.2. The highest BCUT2D eigenvalue weighted by Crippen LogP contribution is 2.33. The molecule has 4 heteroatoms. The lowest BCUT2D eigenvalue weighted by atomic mass is 9.92. The summed E-state index contributed by atoms with van der Waals surface area (Å²) >= 11 is 1.72. The van der Waals surface area contributed by atoms with Gasteiger partial charge < -0.3 is 0 Å². The SMILES string of the molecule is CC1(C)CC(=O)CCN1SCc1ccc(F)cc1. The van der Waals surface area contributed by atoms with Gasteiger partial charge in [-0.15, -0.1) is 0 Å². The second-order valence-corrected chi connectivity index (χ2v) is 6.27. The van der Waals surface area contributed by atoms with Gasteiger partial charge >= 0.3 is 0 Å². The first kappa shape index (κ1) is 13.6. The summed E-state index contributed by atoms with van der Waals surface area (Å²) in [5, 5.41) is 0. The maximum absolute atomic E-state index is 12.8. The van der Waals surface area contributed by atoms with E-state index in [-0.39, 0.29) is 11.4 Å². The molecular formula is C14H18FNOS. The summed E-state index contributed by atoms with van der Waals surface area (Å²) in [6, 6.07) is 6.59. The molecule has 1 aliphatic rings. The van der Waals surface area contributed by atoms with Gasteiger partial charge in [-0.05, 0) is 31.5 Å². The Kier molecular flexibility index (Phi) is 4.07. The molecule has 1 heterocycles. The Morgan fingerprint density at radius 3 is 2.61 bits per heavy atom. The van der Waals surface area contributed by atoms with Gasteiger partial charge in [0, 0.05) is 30.7 Å². The Morgan fingerprint density at radius 1 is 1.33 bits per heavy atom. The number of carbonyl (C=O) groups is 1. The molecule has 1 fully saturated rings. The van der Waals surface area contributed by atoms with E-state index < -0.39 is 0 Å². The van der Waals surface area contributed by atoms with Crippen molar-refractivity contribution < 1.29 is 9.18 Å². The monoisotopic (exact) mass is 267 g/mol. The van der Waals surface area contributed by atoms with Crippen molar-refractivity contribution in [3.8, 4) is 0 Å². The van der Waals surface area contributed by atoms with Crippen molar-refractivity contribution >= 4 is 17.7 Å². The lowest BCUT2D eigenvalue weighted by Crippen LogP contribution is -2.46. The fourth-order valence-electron chi connectivity index (χ4n) is 2.16. The van der Waals surface area contributed by atoms with E-state index >= 15 is 0 Å². The smallest absolute Gasteiger partial charge is 0.136 e. The molecule has 1 aliphatic heterocycles. The summed E-state index contributed by atoms with van der Waals surface area (Å²) in [6.07, 6.45) is 1.25. The number of rotatable bonds is 3. The maximum Gasteiger partial charge on any atom is 0.136 e. The van der Waals surface area contributed by atoms with E-state index in [9.17, 15) is 9.18 Å². The molecule has 0 unspecified atom stereocenters. The Bertz CT molecular complexity index is 430. The average molecular weight is 267 g/mol. The maximum atomic E-state index is 12.8. The van der Waals surface area contributed by atoms with Gasteiger partial charge in [-0.1, -0.05) is 24.1 Å². The molecule has 2 nitrogen and oxygen atoms in total. The number of carbonyl (C=O) groups excluding carboxylic acids is 1. The summed E-state index contributed by atoms with van der Waals surface area (Å²) < 4.78 is 15.1. The first-order chi connectivity index (χ1) is 8.47. The highest BCUT2D eigenvalue weighted by Gasteiger charge is 2.34. The summed E-state index contributed by atoms with van der Waals surface area (Å²) in [4.78, 5) is 11.5. The molecule has 0 atom stereocenters. The Hall–Kier alpha value is -0.870. The molecule has 98 valence electrons. The summed E-state index contributed by atoms with van der Waals surface area (Å²) in [7, 11) is 0. The highest BCUT2D eigenvalue weighted by atomic mass is 32.2. The van der Waals surface area contributed by atoms with Crippen LogP contribution in [0.15, 0.2) is 24.3 Å². The van der Waals surface area contributed by atoms with Crippen molar-refractivity contribution in [3.63, 3.8) is 0 Å². The number of halogens is 1. The molecule has 1 aromatic rings. The van der Waals surface area contributed by atoms with Crippen molar-refractivity contribution in [2.24, 2.45) is 0 Å². The molecule has 1 saturated heterocycles. The zero-order valence-electron chi connectivity index (χ0n) is 10.8. The second kappa shape index (κ2) is 5.41. The molecule has 18 heavy (non-hydrogen) atoms. The van der Waals surface area contributed by atoms with Crippen LogP contribution < -0.4 is 0 Å². The lowest BCUT2D eigenvalue weighted by Gasteiger charge is -2.40. The van der Waals surface area contributed by atoms with Crippen LogP contribution in [0.5, 0.6) is 0 Å². The Morgan fingerprint density at radius 2 is 2.00 bits per heavy atom. The minimum atomic E-state index is -0.201. The molecule has 0 spiro atoms. The van der Waals surface area contributed by atoms with Crippen LogP contribution in [0.25, 0.3) is 0 Å². The number of ketones is 1. The van der Waals surface area contributed by atoms with Crippen molar-refractivity contribution in [2.75, 3.05) is 6.54 Å². The van der Waals surface area contributed by atoms with Gasteiger partial charge in [0.05, 0.1) is 0 Å². The predicted molar refractivity (Wildman–Crippen MR) is 72.7 cm³/mol. The normalized spacial score (nSPS) is 20.1. The van der Waals surface area contributed by atoms with Gasteiger partial charge in [0.15, 0.2) is 0 Å². The molecule has 0 N–H and O–H groups in total. The molecule has 0 aliphatic carbocycles. The third-order valence-electron chi connectivity index (χ3n) is 3.20. The van der Waals surface area contributed by atoms with E-state index in [0.717, 1.165) is 17.9 Å². The van der Waals surface area contributed by atoms with Crippen molar-refractivity contribution in [1.82, 2.24) is 4.31 Å². The molecule has 0 saturated carbocycles. The standard InChI is InChI=1S/C14H18FNOS/c1-14(2)9-13(17)7-8-16(14)18-10-11-3-5-12(15)6-4-11/h3-6H,7-10H2,1-2H3. The zero-order valence-corrected chi connectivity index (χ0v) is 11.6. The third-order valence-corrected chi connectivity index (χ3v) is 4.65. The summed E-state index contributed by atoms with van der Waals surface area (Å²) in [6.45, 7) is 5.00. The number of piperidine rings is 1. The Labute approximate surface area is 112 Å². The minimum absolute atomic E-state index is 0.0833. The quantitative estimate of drug-likeness (QED) is 0.783. The number of hydrogen-bond donors (Lipinski definition) is 0. The van der Waals surface area contributed by atoms with Crippen LogP contribution in [-0.4, -0.2) is 22.2 Å². The first-order valence-electron chi connectivity index (χ1n) is 6.14. The third kappa shape index (κ3) is 3.33.